The first kappa shape index (κ1) is 15.6. The van der Waals surface area contributed by atoms with Crippen molar-refractivity contribution in [1.82, 2.24) is 14.8 Å². The lowest BCUT2D eigenvalue weighted by Crippen LogP contribution is -2.22. The summed E-state index contributed by atoms with van der Waals surface area (Å²) in [5, 5.41) is 16.0. The molecule has 4 rings (SSSR count). The molecular formula is C19H12N4O3. The van der Waals surface area contributed by atoms with Crippen molar-refractivity contribution in [2.75, 3.05) is 0 Å². The van der Waals surface area contributed by atoms with Crippen LogP contribution in [0.5, 0.6) is 0 Å². The minimum atomic E-state index is -0.466. The highest BCUT2D eigenvalue weighted by molar-refractivity contribution is 5.90. The van der Waals surface area contributed by atoms with E-state index in [1.807, 2.05) is 18.2 Å². The van der Waals surface area contributed by atoms with E-state index in [1.54, 1.807) is 42.6 Å². The fourth-order valence-electron chi connectivity index (χ4n) is 2.78. The molecule has 126 valence electrons. The van der Waals surface area contributed by atoms with Crippen LogP contribution in [-0.4, -0.2) is 19.7 Å². The number of nitro benzene ring substituents is 1. The van der Waals surface area contributed by atoms with E-state index in [4.69, 9.17) is 0 Å². The van der Waals surface area contributed by atoms with Crippen molar-refractivity contribution in [2.45, 2.75) is 0 Å². The molecule has 2 aromatic heterocycles. The van der Waals surface area contributed by atoms with E-state index in [0.29, 0.717) is 27.8 Å². The van der Waals surface area contributed by atoms with Gasteiger partial charge in [-0.15, -0.1) is 0 Å². The third-order valence-electron chi connectivity index (χ3n) is 3.99. The largest absolute Gasteiger partial charge is 0.280 e. The van der Waals surface area contributed by atoms with Crippen molar-refractivity contribution < 1.29 is 4.92 Å². The molecule has 0 N–H and O–H groups in total. The fraction of sp³-hybridized carbons (Fsp3) is 0. The van der Waals surface area contributed by atoms with Crippen LogP contribution in [0.2, 0.25) is 0 Å². The van der Waals surface area contributed by atoms with Gasteiger partial charge in [0, 0.05) is 23.9 Å². The summed E-state index contributed by atoms with van der Waals surface area (Å²) < 4.78 is 1.29. The molecule has 0 aliphatic heterocycles. The van der Waals surface area contributed by atoms with Gasteiger partial charge in [-0.05, 0) is 24.3 Å². The van der Waals surface area contributed by atoms with Gasteiger partial charge in [0.05, 0.1) is 16.0 Å². The molecule has 0 radical (unpaired) electrons. The second-order valence-electron chi connectivity index (χ2n) is 5.61. The Balaban J connectivity index is 2.06. The molecule has 0 spiro atoms. The molecule has 26 heavy (non-hydrogen) atoms. The summed E-state index contributed by atoms with van der Waals surface area (Å²) in [5.41, 5.74) is 1.60. The smallest absolute Gasteiger partial charge is 0.267 e. The van der Waals surface area contributed by atoms with E-state index in [0.717, 1.165) is 0 Å². The number of pyridine rings is 1. The maximum Gasteiger partial charge on any atom is 0.280 e. The molecular weight excluding hydrogens is 332 g/mol. The van der Waals surface area contributed by atoms with Gasteiger partial charge in [-0.2, -0.15) is 9.78 Å². The predicted molar refractivity (Wildman–Crippen MR) is 97.2 cm³/mol. The highest BCUT2D eigenvalue weighted by Crippen LogP contribution is 2.26. The van der Waals surface area contributed by atoms with Crippen LogP contribution in [-0.2, 0) is 0 Å². The molecule has 7 nitrogen and oxygen atoms in total. The monoisotopic (exact) mass is 344 g/mol. The van der Waals surface area contributed by atoms with Crippen LogP contribution in [0.1, 0.15) is 0 Å². The van der Waals surface area contributed by atoms with Gasteiger partial charge in [0.1, 0.15) is 11.2 Å². The van der Waals surface area contributed by atoms with Crippen LogP contribution in [0.15, 0.2) is 77.7 Å². The minimum absolute atomic E-state index is 0.0501. The van der Waals surface area contributed by atoms with Crippen molar-refractivity contribution in [3.63, 3.8) is 0 Å². The van der Waals surface area contributed by atoms with Crippen LogP contribution in [0.25, 0.3) is 27.8 Å². The number of hydrogen-bond donors (Lipinski definition) is 0. The predicted octanol–water partition coefficient (Wildman–Crippen LogP) is 3.36. The van der Waals surface area contributed by atoms with Crippen LogP contribution in [0.4, 0.5) is 5.69 Å². The van der Waals surface area contributed by atoms with Gasteiger partial charge in [-0.25, -0.2) is 0 Å². The van der Waals surface area contributed by atoms with Crippen LogP contribution in [0, 0.1) is 10.1 Å². The minimum Gasteiger partial charge on any atom is -0.267 e. The van der Waals surface area contributed by atoms with E-state index in [-0.39, 0.29) is 11.2 Å². The normalized spacial score (nSPS) is 10.8. The molecule has 0 unspecified atom stereocenters. The number of rotatable bonds is 3. The Kier molecular flexibility index (Phi) is 3.74. The maximum atomic E-state index is 12.8. The topological polar surface area (TPSA) is 90.9 Å². The molecule has 0 aliphatic carbocycles. The van der Waals surface area contributed by atoms with Crippen LogP contribution < -0.4 is 5.56 Å². The number of non-ortho nitro benzene ring substituents is 1. The molecule has 0 amide bonds. The molecule has 0 saturated heterocycles. The SMILES string of the molecule is O=c1c2cccnc2c(-c2cccc([N+](=O)[O-])c2)nn1-c1ccccc1. The lowest BCUT2D eigenvalue weighted by atomic mass is 10.1. The van der Waals surface area contributed by atoms with Gasteiger partial charge in [-0.3, -0.25) is 19.9 Å². The zero-order chi connectivity index (χ0) is 18.1. The Morgan fingerprint density at radius 3 is 2.54 bits per heavy atom. The summed E-state index contributed by atoms with van der Waals surface area (Å²) in [5.74, 6) is 0. The highest BCUT2D eigenvalue weighted by atomic mass is 16.6. The average Bonchev–Trinajstić information content (AvgIpc) is 2.69. The Bertz CT molecular complexity index is 1190. The standard InChI is InChI=1S/C19H12N4O3/c24-19-16-10-5-11-20-18(16)17(13-6-4-9-15(12-13)23(25)26)21-22(19)14-7-2-1-3-8-14/h1-12H. The lowest BCUT2D eigenvalue weighted by molar-refractivity contribution is -0.384. The zero-order valence-electron chi connectivity index (χ0n) is 13.4. The number of nitro groups is 1. The summed E-state index contributed by atoms with van der Waals surface area (Å²) in [6, 6.07) is 18.5. The van der Waals surface area contributed by atoms with Gasteiger partial charge in [0.25, 0.3) is 11.2 Å². The van der Waals surface area contributed by atoms with Crippen LogP contribution in [0.3, 0.4) is 0 Å². The van der Waals surface area contributed by atoms with Crippen molar-refractivity contribution in [1.29, 1.82) is 0 Å². The number of para-hydroxylation sites is 1. The lowest BCUT2D eigenvalue weighted by Gasteiger charge is -2.10. The first-order chi connectivity index (χ1) is 12.6. The third-order valence-corrected chi connectivity index (χ3v) is 3.99. The summed E-state index contributed by atoms with van der Waals surface area (Å²) in [6.07, 6.45) is 1.57. The van der Waals surface area contributed by atoms with Gasteiger partial charge in [0.2, 0.25) is 0 Å². The summed E-state index contributed by atoms with van der Waals surface area (Å²) in [6.45, 7) is 0. The summed E-state index contributed by atoms with van der Waals surface area (Å²) in [4.78, 5) is 27.8. The van der Waals surface area contributed by atoms with Crippen molar-refractivity contribution in [3.05, 3.63) is 93.4 Å². The zero-order valence-corrected chi connectivity index (χ0v) is 13.4. The molecule has 0 fully saturated rings. The molecule has 7 heteroatoms. The number of nitrogens with zero attached hydrogens (tertiary/aromatic N) is 4. The summed E-state index contributed by atoms with van der Waals surface area (Å²) >= 11 is 0. The van der Waals surface area contributed by atoms with Gasteiger partial charge in [-0.1, -0.05) is 30.3 Å². The number of fused-ring (bicyclic) bond motifs is 1. The van der Waals surface area contributed by atoms with E-state index in [2.05, 4.69) is 10.1 Å². The van der Waals surface area contributed by atoms with E-state index in [1.165, 1.54) is 16.8 Å². The van der Waals surface area contributed by atoms with E-state index in [9.17, 15) is 14.9 Å². The molecule has 2 heterocycles. The first-order valence-corrected chi connectivity index (χ1v) is 7.83. The molecule has 4 aromatic rings. The Labute approximate surface area is 147 Å². The third kappa shape index (κ3) is 2.61. The van der Waals surface area contributed by atoms with Gasteiger partial charge >= 0.3 is 0 Å². The number of hydrogen-bond acceptors (Lipinski definition) is 5. The van der Waals surface area contributed by atoms with Gasteiger partial charge in [0.15, 0.2) is 0 Å². The molecule has 2 aromatic carbocycles. The second kappa shape index (κ2) is 6.21. The Morgan fingerprint density at radius 2 is 1.77 bits per heavy atom. The van der Waals surface area contributed by atoms with Crippen LogP contribution >= 0.6 is 0 Å². The number of benzene rings is 2. The quantitative estimate of drug-likeness (QED) is 0.420. The Hall–Kier alpha value is -3.87. The first-order valence-electron chi connectivity index (χ1n) is 7.83. The average molecular weight is 344 g/mol. The second-order valence-corrected chi connectivity index (χ2v) is 5.61. The highest BCUT2D eigenvalue weighted by Gasteiger charge is 2.16. The van der Waals surface area contributed by atoms with Crippen molar-refractivity contribution in [2.24, 2.45) is 0 Å². The fourth-order valence-corrected chi connectivity index (χ4v) is 2.78. The van der Waals surface area contributed by atoms with E-state index < -0.39 is 4.92 Å². The van der Waals surface area contributed by atoms with Gasteiger partial charge < -0.3 is 0 Å². The molecule has 0 aliphatic rings. The molecule has 0 saturated carbocycles. The summed E-state index contributed by atoms with van der Waals surface area (Å²) in [7, 11) is 0. The maximum absolute atomic E-state index is 12.8. The van der Waals surface area contributed by atoms with Crippen molar-refractivity contribution >= 4 is 16.6 Å². The van der Waals surface area contributed by atoms with E-state index >= 15 is 0 Å². The number of aromatic nitrogens is 3. The Morgan fingerprint density at radius 1 is 0.962 bits per heavy atom. The molecule has 0 bridgehead atoms. The van der Waals surface area contributed by atoms with Crippen molar-refractivity contribution in [3.8, 4) is 16.9 Å². The molecule has 0 atom stereocenters.